The van der Waals surface area contributed by atoms with Gasteiger partial charge >= 0.3 is 0 Å². The topological polar surface area (TPSA) is 147 Å². The van der Waals surface area contributed by atoms with Crippen LogP contribution in [0.15, 0.2) is 140 Å². The van der Waals surface area contributed by atoms with Crippen molar-refractivity contribution in [1.29, 1.82) is 0 Å². The van der Waals surface area contributed by atoms with Gasteiger partial charge in [-0.2, -0.15) is 0 Å². The van der Waals surface area contributed by atoms with Crippen molar-refractivity contribution in [1.82, 2.24) is 19.9 Å². The summed E-state index contributed by atoms with van der Waals surface area (Å²) in [6.45, 7) is 0. The number of nitrogens with two attached hydrogens (primary N) is 1. The number of halogens is 6. The molecule has 1 atom stereocenters. The highest BCUT2D eigenvalue weighted by molar-refractivity contribution is 6.38. The number of fused-ring (bicyclic) bond motifs is 2. The highest BCUT2D eigenvalue weighted by Crippen LogP contribution is 2.41. The number of nitrogen functional groups attached to an aromatic ring is 1. The number of anilines is 2. The second-order valence-corrected chi connectivity index (χ2v) is 14.2. The Balaban J connectivity index is 0.000000173. The van der Waals surface area contributed by atoms with Crippen LogP contribution in [0, 0.1) is 0 Å². The predicted octanol–water partition coefficient (Wildman–Crippen LogP) is 12.6. The SMILES string of the molecule is Nc1ccc(Cl)cn1.O=Cc1c(Cl)cccc1Cl.Oc1c(C(Nc2ccc(Cl)cn2)c2c(Cl)cccc2Cl)ccc2cccnc12.Oc1cccc2cccnc12. The quantitative estimate of drug-likeness (QED) is 0.124. The number of aromatic nitrogens is 4. The zero-order valence-corrected chi connectivity index (χ0v) is 33.9. The lowest BCUT2D eigenvalue weighted by Crippen LogP contribution is -2.15. The summed E-state index contributed by atoms with van der Waals surface area (Å²) in [4.78, 5) is 26.6. The van der Waals surface area contributed by atoms with E-state index >= 15 is 0 Å². The summed E-state index contributed by atoms with van der Waals surface area (Å²) in [7, 11) is 0. The summed E-state index contributed by atoms with van der Waals surface area (Å²) in [6.07, 6.45) is 7.00. The molecule has 9 nitrogen and oxygen atoms in total. The van der Waals surface area contributed by atoms with E-state index in [9.17, 15) is 15.0 Å². The maximum absolute atomic E-state index is 11.0. The Morgan fingerprint density at radius 3 is 1.65 bits per heavy atom. The Morgan fingerprint density at radius 2 is 1.12 bits per heavy atom. The van der Waals surface area contributed by atoms with Crippen molar-refractivity contribution in [2.45, 2.75) is 6.04 Å². The molecule has 0 fully saturated rings. The van der Waals surface area contributed by atoms with E-state index in [0.717, 1.165) is 10.8 Å². The largest absolute Gasteiger partial charge is 0.506 e. The van der Waals surface area contributed by atoms with Crippen LogP contribution in [-0.4, -0.2) is 36.4 Å². The number of para-hydroxylation sites is 1. The molecule has 0 aliphatic heterocycles. The van der Waals surface area contributed by atoms with Crippen LogP contribution in [0.2, 0.25) is 30.1 Å². The Morgan fingerprint density at radius 1 is 0.579 bits per heavy atom. The molecule has 15 heteroatoms. The second-order valence-electron chi connectivity index (χ2n) is 11.7. The monoisotopic (exact) mass is 876 g/mol. The average molecular weight is 879 g/mol. The molecule has 57 heavy (non-hydrogen) atoms. The Hall–Kier alpha value is -5.39. The first kappa shape index (κ1) is 42.7. The van der Waals surface area contributed by atoms with Crippen LogP contribution in [0.3, 0.4) is 0 Å². The molecular weight excluding hydrogens is 849 g/mol. The zero-order valence-electron chi connectivity index (χ0n) is 29.4. The van der Waals surface area contributed by atoms with Gasteiger partial charge in [-0.3, -0.25) is 14.8 Å². The minimum Gasteiger partial charge on any atom is -0.506 e. The van der Waals surface area contributed by atoms with Gasteiger partial charge in [0.1, 0.15) is 34.2 Å². The Labute approximate surface area is 357 Å². The van der Waals surface area contributed by atoms with Gasteiger partial charge < -0.3 is 21.3 Å². The minimum absolute atomic E-state index is 0.0561. The highest BCUT2D eigenvalue weighted by Gasteiger charge is 2.24. The molecule has 0 radical (unpaired) electrons. The van der Waals surface area contributed by atoms with E-state index in [1.165, 1.54) is 12.4 Å². The maximum atomic E-state index is 11.0. The van der Waals surface area contributed by atoms with Gasteiger partial charge in [0.2, 0.25) is 0 Å². The van der Waals surface area contributed by atoms with Crippen molar-refractivity contribution in [3.63, 3.8) is 0 Å². The number of carbonyl (C=O) groups is 1. The Bertz CT molecular complexity index is 2530. The van der Waals surface area contributed by atoms with E-state index in [1.54, 1.807) is 85.2 Å². The summed E-state index contributed by atoms with van der Waals surface area (Å²) in [6, 6.07) is 33.0. The van der Waals surface area contributed by atoms with Gasteiger partial charge in [-0.1, -0.05) is 118 Å². The van der Waals surface area contributed by atoms with Crippen LogP contribution in [0.5, 0.6) is 11.5 Å². The van der Waals surface area contributed by atoms with E-state index in [0.29, 0.717) is 75.8 Å². The summed E-state index contributed by atoms with van der Waals surface area (Å²) in [5, 5.41) is 28.2. The number of carbonyl (C=O) groups excluding carboxylic acids is 1. The molecule has 288 valence electrons. The third-order valence-electron chi connectivity index (χ3n) is 7.88. The van der Waals surface area contributed by atoms with Crippen molar-refractivity contribution in [3.8, 4) is 11.5 Å². The molecule has 1 unspecified atom stereocenters. The summed E-state index contributed by atoms with van der Waals surface area (Å²) in [5.41, 5.74) is 7.98. The molecule has 0 aliphatic carbocycles. The number of nitrogens with zero attached hydrogens (tertiary/aromatic N) is 4. The predicted molar refractivity (Wildman–Crippen MR) is 233 cm³/mol. The van der Waals surface area contributed by atoms with Crippen molar-refractivity contribution in [3.05, 3.63) is 187 Å². The van der Waals surface area contributed by atoms with Gasteiger partial charge in [-0.25, -0.2) is 9.97 Å². The average Bonchev–Trinajstić information content (AvgIpc) is 3.21. The van der Waals surface area contributed by atoms with Crippen LogP contribution in [0.4, 0.5) is 11.6 Å². The third-order valence-corrected chi connectivity index (χ3v) is 9.64. The number of phenolic OH excluding ortho intramolecular Hbond substituents is 2. The molecule has 0 spiro atoms. The zero-order chi connectivity index (χ0) is 40.9. The first-order valence-electron chi connectivity index (χ1n) is 16.6. The van der Waals surface area contributed by atoms with Crippen molar-refractivity contribution < 1.29 is 15.0 Å². The van der Waals surface area contributed by atoms with Gasteiger partial charge in [0.25, 0.3) is 0 Å². The number of hydrogen-bond donors (Lipinski definition) is 4. The lowest BCUT2D eigenvalue weighted by Gasteiger charge is -2.24. The number of benzene rings is 4. The van der Waals surface area contributed by atoms with Crippen molar-refractivity contribution >= 4 is 109 Å². The number of aromatic hydroxyl groups is 2. The molecule has 0 saturated carbocycles. The van der Waals surface area contributed by atoms with Crippen molar-refractivity contribution in [2.24, 2.45) is 0 Å². The molecule has 0 aliphatic rings. The van der Waals surface area contributed by atoms with Gasteiger partial charge in [0, 0.05) is 56.7 Å². The molecular formula is C42H30Cl6N6O3. The molecule has 8 rings (SSSR count). The summed E-state index contributed by atoms with van der Waals surface area (Å²) < 4.78 is 0. The number of rotatable bonds is 5. The number of phenols is 2. The van der Waals surface area contributed by atoms with Crippen molar-refractivity contribution in [2.75, 3.05) is 11.1 Å². The molecule has 0 saturated heterocycles. The molecule has 4 heterocycles. The number of pyridine rings is 4. The first-order valence-corrected chi connectivity index (χ1v) is 18.9. The van der Waals surface area contributed by atoms with Crippen LogP contribution in [0.25, 0.3) is 21.8 Å². The summed E-state index contributed by atoms with van der Waals surface area (Å²) in [5.74, 6) is 1.35. The van der Waals surface area contributed by atoms with E-state index in [4.69, 9.17) is 75.3 Å². The number of hydrogen-bond acceptors (Lipinski definition) is 9. The first-order chi connectivity index (χ1) is 27.5. The van der Waals surface area contributed by atoms with E-state index in [2.05, 4.69) is 25.3 Å². The minimum atomic E-state index is -0.554. The maximum Gasteiger partial charge on any atom is 0.153 e. The Kier molecular flexibility index (Phi) is 15.5. The van der Waals surface area contributed by atoms with Crippen LogP contribution < -0.4 is 11.1 Å². The van der Waals surface area contributed by atoms with Crippen LogP contribution >= 0.6 is 69.6 Å². The smallest absolute Gasteiger partial charge is 0.153 e. The third kappa shape index (κ3) is 11.6. The van der Waals surface area contributed by atoms with Crippen LogP contribution in [-0.2, 0) is 0 Å². The molecule has 8 aromatic rings. The van der Waals surface area contributed by atoms with Gasteiger partial charge in [-0.15, -0.1) is 0 Å². The molecule has 4 aromatic heterocycles. The van der Waals surface area contributed by atoms with Gasteiger partial charge in [0.15, 0.2) is 6.29 Å². The fraction of sp³-hybridized carbons (Fsp3) is 0.0238. The highest BCUT2D eigenvalue weighted by atomic mass is 35.5. The molecule has 0 bridgehead atoms. The lowest BCUT2D eigenvalue weighted by molar-refractivity contribution is 0.112. The lowest BCUT2D eigenvalue weighted by atomic mass is 9.96. The fourth-order valence-corrected chi connectivity index (χ4v) is 6.50. The molecule has 0 amide bonds. The number of aldehydes is 1. The molecule has 5 N–H and O–H groups in total. The second kappa shape index (κ2) is 20.7. The summed E-state index contributed by atoms with van der Waals surface area (Å²) >= 11 is 35.6. The van der Waals surface area contributed by atoms with Gasteiger partial charge in [-0.05, 0) is 66.7 Å². The van der Waals surface area contributed by atoms with E-state index < -0.39 is 6.04 Å². The molecule has 4 aromatic carbocycles. The number of nitrogens with one attached hydrogen (secondary N) is 1. The fourth-order valence-electron chi connectivity index (χ4n) is 5.18. The standard InChI is InChI=1S/C21H14Cl3N3O.C9H7NO.C7H4Cl2O.C5H5ClN2/c22-13-7-9-17(26-11-13)27-20(18-15(23)4-1-5-16(18)24)14-8-6-12-3-2-10-25-19(12)21(14)28;11-8-5-1-3-7-4-2-6-10-9(7)8;8-6-2-1-3-7(9)5(6)4-10;6-4-1-2-5(7)8-3-4/h1-11,20,28H,(H,26,27);1-6,11H;1-4H;1-3H,(H2,7,8). The van der Waals surface area contributed by atoms with E-state index in [-0.39, 0.29) is 11.5 Å². The normalized spacial score (nSPS) is 10.8. The van der Waals surface area contributed by atoms with Gasteiger partial charge in [0.05, 0.1) is 31.7 Å². The van der Waals surface area contributed by atoms with E-state index in [1.807, 2.05) is 42.5 Å². The van der Waals surface area contributed by atoms with Crippen LogP contribution in [0.1, 0.15) is 27.5 Å².